The fraction of sp³-hybridized carbons (Fsp3) is 0.545. The lowest BCUT2D eigenvalue weighted by Gasteiger charge is -2.39. The highest BCUT2D eigenvalue weighted by atomic mass is 127. The predicted molar refractivity (Wildman–Crippen MR) is 127 cm³/mol. The molecule has 158 valence electrons. The van der Waals surface area contributed by atoms with E-state index < -0.39 is 0 Å². The Bertz CT molecular complexity index is 808. The molecular weight excluding hydrogens is 477 g/mol. The van der Waals surface area contributed by atoms with Crippen molar-refractivity contribution < 1.29 is 4.74 Å². The van der Waals surface area contributed by atoms with Crippen LogP contribution in [0.3, 0.4) is 0 Å². The van der Waals surface area contributed by atoms with E-state index in [1.165, 1.54) is 11.1 Å². The van der Waals surface area contributed by atoms with E-state index in [-0.39, 0.29) is 24.0 Å². The average Bonchev–Trinajstić information content (AvgIpc) is 3.39. The first-order valence-corrected chi connectivity index (χ1v) is 10.5. The molecule has 0 spiro atoms. The van der Waals surface area contributed by atoms with E-state index in [0.717, 1.165) is 63.8 Å². The molecule has 0 bridgehead atoms. The third-order valence-electron chi connectivity index (χ3n) is 5.88. The standard InChI is InChI=1S/C22H31N5O.HI/c1-3-24-22(25-9-6-18-4-5-21-19(14-18)8-13-28-21)26-11-7-17(2)20(15-26)27-12-10-23-16-27;/h4-5,10,12,14,16-17,20H,3,6-9,11,13,15H2,1-2H3,(H,24,25);1H. The molecule has 2 atom stereocenters. The molecule has 4 rings (SSSR count). The van der Waals surface area contributed by atoms with Crippen molar-refractivity contribution in [3.63, 3.8) is 0 Å². The summed E-state index contributed by atoms with van der Waals surface area (Å²) in [4.78, 5) is 11.6. The Morgan fingerprint density at radius 2 is 2.28 bits per heavy atom. The van der Waals surface area contributed by atoms with Crippen LogP contribution in [0.4, 0.5) is 0 Å². The molecule has 2 aliphatic rings. The second kappa shape index (κ2) is 10.3. The Morgan fingerprint density at radius 3 is 3.07 bits per heavy atom. The highest BCUT2D eigenvalue weighted by molar-refractivity contribution is 14.0. The second-order valence-electron chi connectivity index (χ2n) is 7.82. The van der Waals surface area contributed by atoms with Gasteiger partial charge in [0.25, 0.3) is 0 Å². The molecule has 29 heavy (non-hydrogen) atoms. The number of ether oxygens (including phenoxy) is 1. The van der Waals surface area contributed by atoms with Gasteiger partial charge < -0.3 is 19.5 Å². The van der Waals surface area contributed by atoms with E-state index in [2.05, 4.69) is 58.0 Å². The van der Waals surface area contributed by atoms with Gasteiger partial charge in [0.1, 0.15) is 5.75 Å². The zero-order valence-electron chi connectivity index (χ0n) is 17.4. The van der Waals surface area contributed by atoms with Crippen molar-refractivity contribution in [3.8, 4) is 5.75 Å². The summed E-state index contributed by atoms with van der Waals surface area (Å²) in [5.41, 5.74) is 2.67. The Labute approximate surface area is 190 Å². The van der Waals surface area contributed by atoms with Crippen LogP contribution in [-0.2, 0) is 12.8 Å². The maximum atomic E-state index is 5.61. The van der Waals surface area contributed by atoms with Gasteiger partial charge in [-0.25, -0.2) is 4.98 Å². The maximum Gasteiger partial charge on any atom is 0.193 e. The minimum atomic E-state index is 0. The van der Waals surface area contributed by atoms with Gasteiger partial charge in [0.05, 0.1) is 19.0 Å². The molecule has 1 N–H and O–H groups in total. The first kappa shape index (κ1) is 21.9. The number of likely N-dealkylation sites (tertiary alicyclic amines) is 1. The van der Waals surface area contributed by atoms with Crippen LogP contribution < -0.4 is 10.1 Å². The SMILES string of the molecule is CCNC(=NCCc1ccc2c(c1)CCO2)N1CCC(C)C(n2ccnc2)C1.I. The summed E-state index contributed by atoms with van der Waals surface area (Å²) in [6.45, 7) is 8.99. The molecule has 6 nitrogen and oxygen atoms in total. The maximum absolute atomic E-state index is 5.61. The molecular formula is C22H32IN5O. The molecule has 1 fully saturated rings. The zero-order valence-corrected chi connectivity index (χ0v) is 19.7. The largest absolute Gasteiger partial charge is 0.493 e. The quantitative estimate of drug-likeness (QED) is 0.381. The number of fused-ring (bicyclic) bond motifs is 1. The van der Waals surface area contributed by atoms with Crippen molar-refractivity contribution in [2.75, 3.05) is 32.8 Å². The zero-order chi connectivity index (χ0) is 19.3. The van der Waals surface area contributed by atoms with Crippen LogP contribution in [0.5, 0.6) is 5.75 Å². The van der Waals surface area contributed by atoms with Crippen molar-refractivity contribution in [1.29, 1.82) is 0 Å². The summed E-state index contributed by atoms with van der Waals surface area (Å²) in [7, 11) is 0. The van der Waals surface area contributed by atoms with E-state index in [0.29, 0.717) is 12.0 Å². The van der Waals surface area contributed by atoms with Gasteiger partial charge in [-0.15, -0.1) is 24.0 Å². The Kier molecular flexibility index (Phi) is 7.80. The van der Waals surface area contributed by atoms with Crippen LogP contribution in [0.2, 0.25) is 0 Å². The summed E-state index contributed by atoms with van der Waals surface area (Å²) in [5.74, 6) is 2.72. The molecule has 2 aliphatic heterocycles. The number of nitrogens with one attached hydrogen (secondary N) is 1. The molecule has 1 aromatic carbocycles. The Balaban J connectivity index is 0.00000240. The molecule has 1 aromatic heterocycles. The van der Waals surface area contributed by atoms with Crippen molar-refractivity contribution in [1.82, 2.24) is 19.8 Å². The average molecular weight is 509 g/mol. The van der Waals surface area contributed by atoms with Crippen molar-refractivity contribution in [2.24, 2.45) is 10.9 Å². The lowest BCUT2D eigenvalue weighted by molar-refractivity contribution is 0.189. The molecule has 7 heteroatoms. The number of benzene rings is 1. The van der Waals surface area contributed by atoms with Crippen LogP contribution in [0.15, 0.2) is 41.9 Å². The van der Waals surface area contributed by atoms with E-state index in [4.69, 9.17) is 9.73 Å². The fourth-order valence-corrected chi connectivity index (χ4v) is 4.21. The number of hydrogen-bond donors (Lipinski definition) is 1. The molecule has 0 aliphatic carbocycles. The number of guanidine groups is 1. The lowest BCUT2D eigenvalue weighted by Crippen LogP contribution is -2.49. The number of aromatic nitrogens is 2. The predicted octanol–water partition coefficient (Wildman–Crippen LogP) is 3.53. The Morgan fingerprint density at radius 1 is 1.38 bits per heavy atom. The highest BCUT2D eigenvalue weighted by Gasteiger charge is 2.28. The highest BCUT2D eigenvalue weighted by Crippen LogP contribution is 2.28. The van der Waals surface area contributed by atoms with E-state index in [1.807, 2.05) is 12.5 Å². The second-order valence-corrected chi connectivity index (χ2v) is 7.82. The fourth-order valence-electron chi connectivity index (χ4n) is 4.21. The van der Waals surface area contributed by atoms with Crippen molar-refractivity contribution in [2.45, 2.75) is 39.2 Å². The third-order valence-corrected chi connectivity index (χ3v) is 5.88. The van der Waals surface area contributed by atoms with Crippen LogP contribution >= 0.6 is 24.0 Å². The van der Waals surface area contributed by atoms with E-state index in [1.54, 1.807) is 0 Å². The number of rotatable bonds is 5. The van der Waals surface area contributed by atoms with Crippen LogP contribution in [-0.4, -0.2) is 53.2 Å². The van der Waals surface area contributed by atoms with Crippen molar-refractivity contribution in [3.05, 3.63) is 48.0 Å². The van der Waals surface area contributed by atoms with E-state index >= 15 is 0 Å². The van der Waals surface area contributed by atoms with E-state index in [9.17, 15) is 0 Å². The summed E-state index contributed by atoms with van der Waals surface area (Å²) in [6.07, 6.45) is 9.03. The number of nitrogens with zero attached hydrogens (tertiary/aromatic N) is 4. The molecule has 0 saturated carbocycles. The third kappa shape index (κ3) is 5.24. The molecule has 2 unspecified atom stereocenters. The molecule has 3 heterocycles. The monoisotopic (exact) mass is 509 g/mol. The number of imidazole rings is 1. The minimum absolute atomic E-state index is 0. The molecule has 1 saturated heterocycles. The first-order valence-electron chi connectivity index (χ1n) is 10.5. The first-order chi connectivity index (χ1) is 13.7. The summed E-state index contributed by atoms with van der Waals surface area (Å²) in [5, 5.41) is 3.49. The van der Waals surface area contributed by atoms with Crippen LogP contribution in [0.1, 0.15) is 37.4 Å². The van der Waals surface area contributed by atoms with Crippen molar-refractivity contribution >= 4 is 29.9 Å². The minimum Gasteiger partial charge on any atom is -0.493 e. The number of piperidine rings is 1. The van der Waals surface area contributed by atoms with Gasteiger partial charge in [-0.1, -0.05) is 19.1 Å². The number of halogens is 1. The Hall–Kier alpha value is -1.77. The van der Waals surface area contributed by atoms with Crippen LogP contribution in [0, 0.1) is 5.92 Å². The van der Waals surface area contributed by atoms with Gasteiger partial charge >= 0.3 is 0 Å². The number of aliphatic imine (C=N–C) groups is 1. The van der Waals surface area contributed by atoms with Gasteiger partial charge in [0.15, 0.2) is 5.96 Å². The topological polar surface area (TPSA) is 54.7 Å². The molecule has 2 aromatic rings. The summed E-state index contributed by atoms with van der Waals surface area (Å²) < 4.78 is 7.85. The van der Waals surface area contributed by atoms with Gasteiger partial charge in [0, 0.05) is 45.0 Å². The van der Waals surface area contributed by atoms with Crippen LogP contribution in [0.25, 0.3) is 0 Å². The summed E-state index contributed by atoms with van der Waals surface area (Å²) in [6, 6.07) is 7.00. The summed E-state index contributed by atoms with van der Waals surface area (Å²) >= 11 is 0. The van der Waals surface area contributed by atoms with Gasteiger partial charge in [-0.3, -0.25) is 4.99 Å². The van der Waals surface area contributed by atoms with Gasteiger partial charge in [-0.05, 0) is 42.9 Å². The normalized spacial score (nSPS) is 21.3. The molecule has 0 amide bonds. The smallest absolute Gasteiger partial charge is 0.193 e. The lowest BCUT2D eigenvalue weighted by atomic mass is 9.93. The molecule has 0 radical (unpaired) electrons. The number of hydrogen-bond acceptors (Lipinski definition) is 3. The van der Waals surface area contributed by atoms with Gasteiger partial charge in [-0.2, -0.15) is 0 Å². The van der Waals surface area contributed by atoms with Gasteiger partial charge in [0.2, 0.25) is 0 Å².